The molecule has 1 N–H and O–H groups in total. The molecule has 0 bridgehead atoms. The summed E-state index contributed by atoms with van der Waals surface area (Å²) in [6.45, 7) is 2.05. The third kappa shape index (κ3) is 1.82. The van der Waals surface area contributed by atoms with Crippen LogP contribution in [0.1, 0.15) is 17.3 Å². The summed E-state index contributed by atoms with van der Waals surface area (Å²) in [7, 11) is 0. The highest BCUT2D eigenvalue weighted by Gasteiger charge is 2.10. The van der Waals surface area contributed by atoms with Gasteiger partial charge < -0.3 is 9.84 Å². The molecule has 0 spiro atoms. The molecular weight excluding hydrogens is 206 g/mol. The first kappa shape index (κ1) is 10.4. The summed E-state index contributed by atoms with van der Waals surface area (Å²) in [5.41, 5.74) is 0.815. The number of carbonyl (C=O) groups excluding carboxylic acids is 1. The van der Waals surface area contributed by atoms with E-state index in [4.69, 9.17) is 4.74 Å². The fourth-order valence-corrected chi connectivity index (χ4v) is 1.51. The number of rotatable bonds is 2. The first-order valence-electron chi connectivity index (χ1n) is 4.97. The van der Waals surface area contributed by atoms with Gasteiger partial charge in [-0.05, 0) is 25.1 Å². The number of benzene rings is 1. The summed E-state index contributed by atoms with van der Waals surface area (Å²) < 4.78 is 4.86. The number of hydrogen-bond acceptors (Lipinski definition) is 4. The second-order valence-electron chi connectivity index (χ2n) is 3.29. The highest BCUT2D eigenvalue weighted by Crippen LogP contribution is 2.24. The number of esters is 1. The highest BCUT2D eigenvalue weighted by atomic mass is 16.5. The molecule has 16 heavy (non-hydrogen) atoms. The van der Waals surface area contributed by atoms with E-state index in [0.717, 1.165) is 0 Å². The lowest BCUT2D eigenvalue weighted by molar-refractivity contribution is 0.0526. The van der Waals surface area contributed by atoms with Crippen LogP contribution in [-0.4, -0.2) is 22.7 Å². The Morgan fingerprint density at radius 1 is 1.50 bits per heavy atom. The molecule has 1 heterocycles. The van der Waals surface area contributed by atoms with Gasteiger partial charge in [0, 0.05) is 11.6 Å². The molecule has 0 atom stereocenters. The Morgan fingerprint density at radius 3 is 3.06 bits per heavy atom. The summed E-state index contributed by atoms with van der Waals surface area (Å²) in [5, 5.41) is 10.4. The van der Waals surface area contributed by atoms with Gasteiger partial charge in [0.15, 0.2) is 0 Å². The third-order valence-corrected chi connectivity index (χ3v) is 2.20. The minimum atomic E-state index is -0.441. The van der Waals surface area contributed by atoms with E-state index < -0.39 is 5.97 Å². The molecule has 0 aliphatic heterocycles. The van der Waals surface area contributed by atoms with Gasteiger partial charge in [-0.25, -0.2) is 4.79 Å². The Labute approximate surface area is 92.5 Å². The van der Waals surface area contributed by atoms with Crippen molar-refractivity contribution in [3.8, 4) is 5.75 Å². The molecule has 2 aromatic rings. The molecular formula is C12H11NO3. The number of carbonyl (C=O) groups is 1. The molecule has 0 aliphatic carbocycles. The molecule has 0 unspecified atom stereocenters. The summed E-state index contributed by atoms with van der Waals surface area (Å²) in [6, 6.07) is 6.55. The van der Waals surface area contributed by atoms with Gasteiger partial charge in [-0.3, -0.25) is 4.98 Å². The second kappa shape index (κ2) is 4.18. The van der Waals surface area contributed by atoms with E-state index in [9.17, 15) is 9.90 Å². The van der Waals surface area contributed by atoms with Crippen LogP contribution in [0.15, 0.2) is 30.5 Å². The normalized spacial score (nSPS) is 10.3. The first-order valence-corrected chi connectivity index (χ1v) is 4.97. The van der Waals surface area contributed by atoms with Crippen LogP contribution < -0.4 is 0 Å². The summed E-state index contributed by atoms with van der Waals surface area (Å²) in [4.78, 5) is 15.5. The predicted molar refractivity (Wildman–Crippen MR) is 59.4 cm³/mol. The van der Waals surface area contributed by atoms with Gasteiger partial charge in [0.05, 0.1) is 12.2 Å². The van der Waals surface area contributed by atoms with Gasteiger partial charge in [0.25, 0.3) is 0 Å². The number of fused-ring (bicyclic) bond motifs is 1. The number of ether oxygens (including phenoxy) is 1. The molecule has 0 fully saturated rings. The number of phenols is 1. The number of hydrogen-bond donors (Lipinski definition) is 1. The Bertz CT molecular complexity index is 537. The van der Waals surface area contributed by atoms with E-state index in [0.29, 0.717) is 23.1 Å². The van der Waals surface area contributed by atoms with Crippen LogP contribution in [0.3, 0.4) is 0 Å². The predicted octanol–water partition coefficient (Wildman–Crippen LogP) is 2.12. The number of nitrogens with zero attached hydrogens (tertiary/aromatic N) is 1. The topological polar surface area (TPSA) is 59.4 Å². The number of pyridine rings is 1. The maximum Gasteiger partial charge on any atom is 0.338 e. The van der Waals surface area contributed by atoms with Crippen molar-refractivity contribution in [1.82, 2.24) is 4.98 Å². The summed E-state index contributed by atoms with van der Waals surface area (Å²) in [5.74, 6) is -0.454. The first-order chi connectivity index (χ1) is 7.72. The molecule has 0 aliphatic rings. The maximum absolute atomic E-state index is 11.5. The molecule has 4 heteroatoms. The average molecular weight is 217 g/mol. The zero-order valence-electron chi connectivity index (χ0n) is 8.80. The quantitative estimate of drug-likeness (QED) is 0.783. The SMILES string of the molecule is CCOC(=O)c1cc(O)c2ncccc2c1. The van der Waals surface area contributed by atoms with Crippen LogP contribution in [-0.2, 0) is 4.74 Å². The molecule has 0 saturated carbocycles. The zero-order valence-corrected chi connectivity index (χ0v) is 8.80. The monoisotopic (exact) mass is 217 g/mol. The van der Waals surface area contributed by atoms with Crippen molar-refractivity contribution in [2.75, 3.05) is 6.61 Å². The minimum Gasteiger partial charge on any atom is -0.506 e. The van der Waals surface area contributed by atoms with Crippen molar-refractivity contribution in [3.05, 3.63) is 36.0 Å². The van der Waals surface area contributed by atoms with E-state index >= 15 is 0 Å². The minimum absolute atomic E-state index is 0.0128. The smallest absolute Gasteiger partial charge is 0.338 e. The molecule has 0 radical (unpaired) electrons. The second-order valence-corrected chi connectivity index (χ2v) is 3.29. The fraction of sp³-hybridized carbons (Fsp3) is 0.167. The maximum atomic E-state index is 11.5. The van der Waals surface area contributed by atoms with Crippen molar-refractivity contribution in [2.45, 2.75) is 6.92 Å². The third-order valence-electron chi connectivity index (χ3n) is 2.20. The van der Waals surface area contributed by atoms with Gasteiger partial charge >= 0.3 is 5.97 Å². The van der Waals surface area contributed by atoms with Crippen molar-refractivity contribution >= 4 is 16.9 Å². The summed E-state index contributed by atoms with van der Waals surface area (Å²) in [6.07, 6.45) is 1.59. The molecule has 0 amide bonds. The van der Waals surface area contributed by atoms with Gasteiger partial charge in [-0.15, -0.1) is 0 Å². The molecule has 0 saturated heterocycles. The lowest BCUT2D eigenvalue weighted by atomic mass is 10.1. The number of phenolic OH excluding ortho intramolecular Hbond substituents is 1. The van der Waals surface area contributed by atoms with Gasteiger partial charge in [0.1, 0.15) is 11.3 Å². The van der Waals surface area contributed by atoms with Crippen LogP contribution in [0, 0.1) is 0 Å². The fourth-order valence-electron chi connectivity index (χ4n) is 1.51. The van der Waals surface area contributed by atoms with Gasteiger partial charge in [-0.1, -0.05) is 6.07 Å². The van der Waals surface area contributed by atoms with E-state index in [2.05, 4.69) is 4.98 Å². The van der Waals surface area contributed by atoms with Gasteiger partial charge in [-0.2, -0.15) is 0 Å². The zero-order chi connectivity index (χ0) is 11.5. The molecule has 1 aromatic carbocycles. The highest BCUT2D eigenvalue weighted by molar-refractivity contribution is 5.96. The van der Waals surface area contributed by atoms with Crippen LogP contribution in [0.4, 0.5) is 0 Å². The Hall–Kier alpha value is -2.10. The molecule has 1 aromatic heterocycles. The van der Waals surface area contributed by atoms with Crippen LogP contribution >= 0.6 is 0 Å². The lowest BCUT2D eigenvalue weighted by Crippen LogP contribution is -2.04. The van der Waals surface area contributed by atoms with E-state index in [1.807, 2.05) is 0 Å². The van der Waals surface area contributed by atoms with Crippen LogP contribution in [0.25, 0.3) is 10.9 Å². The largest absolute Gasteiger partial charge is 0.506 e. The van der Waals surface area contributed by atoms with E-state index in [1.54, 1.807) is 31.3 Å². The molecule has 82 valence electrons. The molecule has 4 nitrogen and oxygen atoms in total. The Morgan fingerprint density at radius 2 is 2.31 bits per heavy atom. The number of aromatic nitrogens is 1. The van der Waals surface area contributed by atoms with Crippen LogP contribution in [0.5, 0.6) is 5.75 Å². The van der Waals surface area contributed by atoms with Gasteiger partial charge in [0.2, 0.25) is 0 Å². The van der Waals surface area contributed by atoms with Crippen molar-refractivity contribution < 1.29 is 14.6 Å². The molecule has 2 rings (SSSR count). The average Bonchev–Trinajstić information content (AvgIpc) is 2.29. The van der Waals surface area contributed by atoms with Crippen molar-refractivity contribution in [3.63, 3.8) is 0 Å². The summed E-state index contributed by atoms with van der Waals surface area (Å²) >= 11 is 0. The standard InChI is InChI=1S/C12H11NO3/c1-2-16-12(15)9-6-8-4-3-5-13-11(8)10(14)7-9/h3-7,14H,2H2,1H3. The van der Waals surface area contributed by atoms with E-state index in [1.165, 1.54) is 6.07 Å². The van der Waals surface area contributed by atoms with E-state index in [-0.39, 0.29) is 5.75 Å². The van der Waals surface area contributed by atoms with Crippen LogP contribution in [0.2, 0.25) is 0 Å². The lowest BCUT2D eigenvalue weighted by Gasteiger charge is -2.04. The Balaban J connectivity index is 2.53. The van der Waals surface area contributed by atoms with Crippen molar-refractivity contribution in [1.29, 1.82) is 0 Å². The van der Waals surface area contributed by atoms with Crippen molar-refractivity contribution in [2.24, 2.45) is 0 Å². The number of aromatic hydroxyl groups is 1. The Kier molecular flexibility index (Phi) is 2.72.